The molecule has 2 unspecified atom stereocenters. The Balaban J connectivity index is 1.92. The zero-order chi connectivity index (χ0) is 13.7. The van der Waals surface area contributed by atoms with Crippen molar-refractivity contribution in [2.24, 2.45) is 5.92 Å². The van der Waals surface area contributed by atoms with E-state index in [1.807, 2.05) is 0 Å². The molecule has 106 valence electrons. The molecule has 2 rings (SSSR count). The van der Waals surface area contributed by atoms with E-state index in [9.17, 15) is 8.78 Å². The average Bonchev–Trinajstić information content (AvgIpc) is 2.59. The molecule has 0 radical (unpaired) electrons. The molecular formula is C16H23F2N. The van der Waals surface area contributed by atoms with E-state index in [4.69, 9.17) is 0 Å². The normalized spacial score (nSPS) is 23.9. The van der Waals surface area contributed by atoms with Gasteiger partial charge in [-0.15, -0.1) is 0 Å². The highest BCUT2D eigenvalue weighted by Crippen LogP contribution is 2.28. The number of nitrogens with one attached hydrogen (secondary N) is 1. The van der Waals surface area contributed by atoms with Gasteiger partial charge >= 0.3 is 0 Å². The van der Waals surface area contributed by atoms with Crippen LogP contribution in [0.25, 0.3) is 0 Å². The van der Waals surface area contributed by atoms with Gasteiger partial charge < -0.3 is 5.32 Å². The van der Waals surface area contributed by atoms with Crippen molar-refractivity contribution in [1.82, 2.24) is 0 Å². The lowest BCUT2D eigenvalue weighted by molar-refractivity contribution is 0.422. The number of hydrogen-bond donors (Lipinski definition) is 1. The molecule has 0 amide bonds. The van der Waals surface area contributed by atoms with Crippen LogP contribution in [0.1, 0.15) is 51.9 Å². The van der Waals surface area contributed by atoms with Crippen LogP contribution in [-0.4, -0.2) is 6.04 Å². The van der Waals surface area contributed by atoms with Crippen LogP contribution in [-0.2, 0) is 0 Å². The summed E-state index contributed by atoms with van der Waals surface area (Å²) in [6, 6.07) is 4.07. The Bertz CT molecular complexity index is 406. The van der Waals surface area contributed by atoms with Gasteiger partial charge in [0.2, 0.25) is 0 Å². The van der Waals surface area contributed by atoms with E-state index in [0.29, 0.717) is 11.7 Å². The highest BCUT2D eigenvalue weighted by atomic mass is 19.1. The van der Waals surface area contributed by atoms with Crippen molar-refractivity contribution in [3.63, 3.8) is 0 Å². The van der Waals surface area contributed by atoms with E-state index in [1.165, 1.54) is 44.2 Å². The van der Waals surface area contributed by atoms with Gasteiger partial charge in [-0.05, 0) is 37.3 Å². The average molecular weight is 267 g/mol. The standard InChI is InChI=1S/C16H23F2N/c1-2-4-12-5-3-6-14(9-7-12)19-16-10-8-13(17)11-15(16)18/h8,10-12,14,19H,2-7,9H2,1H3. The fraction of sp³-hybridized carbons (Fsp3) is 0.625. The largest absolute Gasteiger partial charge is 0.380 e. The molecule has 1 nitrogen and oxygen atoms in total. The van der Waals surface area contributed by atoms with E-state index >= 15 is 0 Å². The van der Waals surface area contributed by atoms with Crippen molar-refractivity contribution in [1.29, 1.82) is 0 Å². The predicted molar refractivity (Wildman–Crippen MR) is 75.3 cm³/mol. The molecule has 0 bridgehead atoms. The van der Waals surface area contributed by atoms with Gasteiger partial charge in [0.1, 0.15) is 11.6 Å². The van der Waals surface area contributed by atoms with Gasteiger partial charge in [0.05, 0.1) is 5.69 Å². The lowest BCUT2D eigenvalue weighted by Gasteiger charge is -2.18. The lowest BCUT2D eigenvalue weighted by Crippen LogP contribution is -2.19. The van der Waals surface area contributed by atoms with Gasteiger partial charge in [-0.3, -0.25) is 0 Å². The Labute approximate surface area is 114 Å². The maximum atomic E-state index is 13.6. The summed E-state index contributed by atoms with van der Waals surface area (Å²) in [7, 11) is 0. The zero-order valence-electron chi connectivity index (χ0n) is 11.6. The maximum Gasteiger partial charge on any atom is 0.149 e. The molecule has 0 aliphatic heterocycles. The van der Waals surface area contributed by atoms with Crippen LogP contribution in [0.15, 0.2) is 18.2 Å². The molecule has 1 saturated carbocycles. The number of anilines is 1. The number of benzene rings is 1. The second kappa shape index (κ2) is 6.88. The third-order valence-electron chi connectivity index (χ3n) is 4.08. The molecule has 1 aromatic rings. The minimum Gasteiger partial charge on any atom is -0.380 e. The van der Waals surface area contributed by atoms with Crippen LogP contribution >= 0.6 is 0 Å². The van der Waals surface area contributed by atoms with Crippen molar-refractivity contribution in [2.75, 3.05) is 5.32 Å². The summed E-state index contributed by atoms with van der Waals surface area (Å²) in [4.78, 5) is 0. The Hall–Kier alpha value is -1.12. The van der Waals surface area contributed by atoms with Crippen molar-refractivity contribution in [3.05, 3.63) is 29.8 Å². The van der Waals surface area contributed by atoms with Crippen LogP contribution in [0.4, 0.5) is 14.5 Å². The summed E-state index contributed by atoms with van der Waals surface area (Å²) in [6.07, 6.45) is 8.42. The van der Waals surface area contributed by atoms with Crippen LogP contribution in [0.2, 0.25) is 0 Å². The van der Waals surface area contributed by atoms with E-state index in [0.717, 1.165) is 24.8 Å². The first-order valence-corrected chi connectivity index (χ1v) is 7.40. The van der Waals surface area contributed by atoms with Crippen LogP contribution in [0.3, 0.4) is 0 Å². The summed E-state index contributed by atoms with van der Waals surface area (Å²) in [6.45, 7) is 2.23. The molecular weight excluding hydrogens is 244 g/mol. The minimum absolute atomic E-state index is 0.321. The van der Waals surface area contributed by atoms with Gasteiger partial charge in [0.15, 0.2) is 0 Å². The van der Waals surface area contributed by atoms with Crippen LogP contribution < -0.4 is 5.32 Å². The van der Waals surface area contributed by atoms with Crippen molar-refractivity contribution < 1.29 is 8.78 Å². The fourth-order valence-electron chi connectivity index (χ4n) is 3.05. The number of halogens is 2. The lowest BCUT2D eigenvalue weighted by atomic mass is 9.95. The number of hydrogen-bond acceptors (Lipinski definition) is 1. The van der Waals surface area contributed by atoms with Crippen molar-refractivity contribution in [3.8, 4) is 0 Å². The molecule has 0 spiro atoms. The molecule has 0 aromatic heterocycles. The van der Waals surface area contributed by atoms with Crippen molar-refractivity contribution in [2.45, 2.75) is 57.9 Å². The fourth-order valence-corrected chi connectivity index (χ4v) is 3.05. The second-order valence-electron chi connectivity index (χ2n) is 5.63. The van der Waals surface area contributed by atoms with E-state index < -0.39 is 11.6 Å². The van der Waals surface area contributed by atoms with E-state index in [1.54, 1.807) is 0 Å². The zero-order valence-corrected chi connectivity index (χ0v) is 11.6. The van der Waals surface area contributed by atoms with Gasteiger partial charge in [-0.2, -0.15) is 0 Å². The van der Waals surface area contributed by atoms with Gasteiger partial charge in [-0.25, -0.2) is 8.78 Å². The Morgan fingerprint density at radius 1 is 1.16 bits per heavy atom. The molecule has 3 heteroatoms. The molecule has 1 fully saturated rings. The molecule has 0 saturated heterocycles. The first-order chi connectivity index (χ1) is 9.19. The SMILES string of the molecule is CCCC1CCCC(Nc2ccc(F)cc2F)CC1. The summed E-state index contributed by atoms with van der Waals surface area (Å²) >= 11 is 0. The first kappa shape index (κ1) is 14.3. The van der Waals surface area contributed by atoms with Gasteiger partial charge in [0, 0.05) is 12.1 Å². The monoisotopic (exact) mass is 267 g/mol. The highest BCUT2D eigenvalue weighted by Gasteiger charge is 2.19. The number of rotatable bonds is 4. The minimum atomic E-state index is -0.521. The maximum absolute atomic E-state index is 13.6. The summed E-state index contributed by atoms with van der Waals surface area (Å²) in [5.74, 6) is -0.184. The summed E-state index contributed by atoms with van der Waals surface area (Å²) in [5, 5.41) is 3.24. The Morgan fingerprint density at radius 2 is 2.00 bits per heavy atom. The van der Waals surface area contributed by atoms with Gasteiger partial charge in [-0.1, -0.05) is 32.6 Å². The molecule has 2 atom stereocenters. The molecule has 1 N–H and O–H groups in total. The Morgan fingerprint density at radius 3 is 2.74 bits per heavy atom. The topological polar surface area (TPSA) is 12.0 Å². The van der Waals surface area contributed by atoms with E-state index in [-0.39, 0.29) is 0 Å². The quantitative estimate of drug-likeness (QED) is 0.746. The van der Waals surface area contributed by atoms with Gasteiger partial charge in [0.25, 0.3) is 0 Å². The highest BCUT2D eigenvalue weighted by molar-refractivity contribution is 5.45. The summed E-state index contributed by atoms with van der Waals surface area (Å²) in [5.41, 5.74) is 0.431. The Kier molecular flexibility index (Phi) is 5.17. The third kappa shape index (κ3) is 4.19. The summed E-state index contributed by atoms with van der Waals surface area (Å²) < 4.78 is 26.5. The molecule has 1 aromatic carbocycles. The van der Waals surface area contributed by atoms with Crippen LogP contribution in [0, 0.1) is 17.6 Å². The second-order valence-corrected chi connectivity index (χ2v) is 5.63. The molecule has 0 heterocycles. The predicted octanol–water partition coefficient (Wildman–Crippen LogP) is 5.13. The van der Waals surface area contributed by atoms with Crippen LogP contribution in [0.5, 0.6) is 0 Å². The third-order valence-corrected chi connectivity index (χ3v) is 4.08. The first-order valence-electron chi connectivity index (χ1n) is 7.40. The smallest absolute Gasteiger partial charge is 0.149 e. The molecule has 19 heavy (non-hydrogen) atoms. The van der Waals surface area contributed by atoms with E-state index in [2.05, 4.69) is 12.2 Å². The molecule has 1 aliphatic rings. The molecule has 1 aliphatic carbocycles. The van der Waals surface area contributed by atoms with Crippen molar-refractivity contribution >= 4 is 5.69 Å².